The number of nitrogens with one attached hydrogen (secondary N) is 1. The molecule has 1 aromatic carbocycles. The summed E-state index contributed by atoms with van der Waals surface area (Å²) >= 11 is 3.40. The first-order valence-electron chi connectivity index (χ1n) is 6.04. The predicted octanol–water partition coefficient (Wildman–Crippen LogP) is 3.29. The van der Waals surface area contributed by atoms with Crippen LogP contribution >= 0.6 is 15.9 Å². The number of alkyl halides is 1. The Morgan fingerprint density at radius 3 is 2.56 bits per heavy atom. The number of hydrogen-bond donors (Lipinski definition) is 1. The van der Waals surface area contributed by atoms with E-state index in [0.717, 1.165) is 11.3 Å². The molecule has 1 aromatic rings. The molecule has 0 aliphatic carbocycles. The van der Waals surface area contributed by atoms with Crippen LogP contribution in [0.1, 0.15) is 32.4 Å². The zero-order chi connectivity index (χ0) is 13.7. The van der Waals surface area contributed by atoms with Crippen LogP contribution in [-0.2, 0) is 4.79 Å². The Balaban J connectivity index is 2.70. The van der Waals surface area contributed by atoms with Crippen molar-refractivity contribution >= 4 is 21.8 Å². The molecule has 1 amide bonds. The van der Waals surface area contributed by atoms with E-state index >= 15 is 0 Å². The molecule has 18 heavy (non-hydrogen) atoms. The van der Waals surface area contributed by atoms with Crippen molar-refractivity contribution in [2.75, 3.05) is 7.11 Å². The van der Waals surface area contributed by atoms with Crippen molar-refractivity contribution in [3.63, 3.8) is 0 Å². The fourth-order valence-corrected chi connectivity index (χ4v) is 1.72. The molecule has 0 aliphatic rings. The lowest BCUT2D eigenvalue weighted by atomic mass is 10.1. The summed E-state index contributed by atoms with van der Waals surface area (Å²) in [6, 6.07) is 7.69. The Hall–Kier alpha value is -1.03. The second-order valence-corrected chi connectivity index (χ2v) is 5.64. The van der Waals surface area contributed by atoms with E-state index in [4.69, 9.17) is 4.74 Å². The Kier molecular flexibility index (Phi) is 5.66. The molecule has 3 nitrogen and oxygen atoms in total. The summed E-state index contributed by atoms with van der Waals surface area (Å²) in [6.45, 7) is 5.98. The first-order chi connectivity index (χ1) is 8.45. The molecule has 0 bridgehead atoms. The average Bonchev–Trinajstić information content (AvgIpc) is 2.37. The molecule has 2 unspecified atom stereocenters. The minimum atomic E-state index is -0.162. The summed E-state index contributed by atoms with van der Waals surface area (Å²) in [7, 11) is 1.63. The van der Waals surface area contributed by atoms with Crippen molar-refractivity contribution in [2.45, 2.75) is 31.6 Å². The molecular weight excluding hydrogens is 294 g/mol. The van der Waals surface area contributed by atoms with E-state index in [1.165, 1.54) is 0 Å². The van der Waals surface area contributed by atoms with Gasteiger partial charge in [0.1, 0.15) is 5.75 Å². The Morgan fingerprint density at radius 2 is 2.00 bits per heavy atom. The second-order valence-electron chi connectivity index (χ2n) is 4.65. The van der Waals surface area contributed by atoms with Crippen LogP contribution in [0, 0.1) is 5.92 Å². The smallest absolute Gasteiger partial charge is 0.234 e. The van der Waals surface area contributed by atoms with Gasteiger partial charge in [0.2, 0.25) is 5.91 Å². The summed E-state index contributed by atoms with van der Waals surface area (Å²) in [4.78, 5) is 11.8. The molecule has 0 fully saturated rings. The molecule has 0 spiro atoms. The number of carbonyl (C=O) groups excluding carboxylic acids is 1. The number of benzene rings is 1. The molecule has 100 valence electrons. The van der Waals surface area contributed by atoms with E-state index in [1.54, 1.807) is 7.11 Å². The topological polar surface area (TPSA) is 38.3 Å². The highest BCUT2D eigenvalue weighted by Gasteiger charge is 2.20. The molecular formula is C14H20BrNO2. The third-order valence-corrected chi connectivity index (χ3v) is 4.26. The average molecular weight is 314 g/mol. The van der Waals surface area contributed by atoms with Gasteiger partial charge in [0.15, 0.2) is 0 Å². The highest BCUT2D eigenvalue weighted by molar-refractivity contribution is 9.10. The van der Waals surface area contributed by atoms with Crippen LogP contribution in [0.25, 0.3) is 0 Å². The third kappa shape index (κ3) is 4.02. The zero-order valence-electron chi connectivity index (χ0n) is 11.2. The van der Waals surface area contributed by atoms with Crippen molar-refractivity contribution in [3.8, 4) is 5.75 Å². The summed E-state index contributed by atoms with van der Waals surface area (Å²) in [5.41, 5.74) is 1.03. The Morgan fingerprint density at radius 1 is 1.33 bits per heavy atom. The van der Waals surface area contributed by atoms with E-state index < -0.39 is 0 Å². The van der Waals surface area contributed by atoms with Crippen LogP contribution in [0.3, 0.4) is 0 Å². The lowest BCUT2D eigenvalue weighted by Gasteiger charge is -2.19. The van der Waals surface area contributed by atoms with Gasteiger partial charge in [0.25, 0.3) is 0 Å². The Labute approximate surface area is 117 Å². The second kappa shape index (κ2) is 6.78. The normalized spacial score (nSPS) is 14.1. The molecule has 1 rings (SSSR count). The van der Waals surface area contributed by atoms with E-state index in [1.807, 2.05) is 45.0 Å². The number of rotatable bonds is 5. The number of halogens is 1. The maximum absolute atomic E-state index is 11.9. The zero-order valence-corrected chi connectivity index (χ0v) is 12.8. The first kappa shape index (κ1) is 15.0. The number of ether oxygens (including phenoxy) is 1. The maximum Gasteiger partial charge on any atom is 0.234 e. The number of carbonyl (C=O) groups is 1. The van der Waals surface area contributed by atoms with Crippen molar-refractivity contribution in [1.29, 1.82) is 0 Å². The van der Waals surface area contributed by atoms with Gasteiger partial charge in [-0.15, -0.1) is 0 Å². The van der Waals surface area contributed by atoms with Gasteiger partial charge in [-0.1, -0.05) is 41.9 Å². The molecule has 4 heteroatoms. The van der Waals surface area contributed by atoms with Crippen molar-refractivity contribution in [2.24, 2.45) is 5.92 Å². The molecule has 0 aromatic heterocycles. The van der Waals surface area contributed by atoms with Crippen LogP contribution in [0.5, 0.6) is 5.75 Å². The SMILES string of the molecule is COc1cccc(C(C)NC(=O)C(Br)C(C)C)c1. The van der Waals surface area contributed by atoms with Crippen LogP contribution < -0.4 is 10.1 Å². The van der Waals surface area contributed by atoms with Gasteiger partial charge in [-0.2, -0.15) is 0 Å². The maximum atomic E-state index is 11.9. The van der Waals surface area contributed by atoms with Crippen LogP contribution in [0.2, 0.25) is 0 Å². The van der Waals surface area contributed by atoms with Gasteiger partial charge in [0, 0.05) is 0 Å². The lowest BCUT2D eigenvalue weighted by molar-refractivity contribution is -0.121. The molecule has 0 saturated heterocycles. The summed E-state index contributed by atoms with van der Waals surface area (Å²) in [6.07, 6.45) is 0. The quantitative estimate of drug-likeness (QED) is 0.847. The summed E-state index contributed by atoms with van der Waals surface area (Å²) < 4.78 is 5.17. The summed E-state index contributed by atoms with van der Waals surface area (Å²) in [5.74, 6) is 1.08. The van der Waals surface area contributed by atoms with Gasteiger partial charge < -0.3 is 10.1 Å². The van der Waals surface area contributed by atoms with E-state index in [-0.39, 0.29) is 22.7 Å². The van der Waals surface area contributed by atoms with E-state index in [9.17, 15) is 4.79 Å². The fraction of sp³-hybridized carbons (Fsp3) is 0.500. The summed E-state index contributed by atoms with van der Waals surface area (Å²) in [5, 5.41) is 2.99. The molecule has 0 saturated carbocycles. The van der Waals surface area contributed by atoms with Crippen LogP contribution in [0.4, 0.5) is 0 Å². The van der Waals surface area contributed by atoms with Crippen LogP contribution in [0.15, 0.2) is 24.3 Å². The van der Waals surface area contributed by atoms with Gasteiger partial charge >= 0.3 is 0 Å². The highest BCUT2D eigenvalue weighted by Crippen LogP contribution is 2.20. The fourth-order valence-electron chi connectivity index (χ4n) is 1.59. The van der Waals surface area contributed by atoms with E-state index in [0.29, 0.717) is 0 Å². The monoisotopic (exact) mass is 313 g/mol. The van der Waals surface area contributed by atoms with Gasteiger partial charge in [0.05, 0.1) is 18.0 Å². The van der Waals surface area contributed by atoms with Crippen molar-refractivity contribution in [3.05, 3.63) is 29.8 Å². The largest absolute Gasteiger partial charge is 0.497 e. The molecule has 0 heterocycles. The Bertz CT molecular complexity index is 407. The van der Waals surface area contributed by atoms with Crippen molar-refractivity contribution in [1.82, 2.24) is 5.32 Å². The predicted molar refractivity (Wildman–Crippen MR) is 77.1 cm³/mol. The van der Waals surface area contributed by atoms with Crippen LogP contribution in [-0.4, -0.2) is 17.8 Å². The lowest BCUT2D eigenvalue weighted by Crippen LogP contribution is -2.35. The minimum Gasteiger partial charge on any atom is -0.497 e. The van der Waals surface area contributed by atoms with Gasteiger partial charge in [-0.25, -0.2) is 0 Å². The standard InChI is InChI=1S/C14H20BrNO2/c1-9(2)13(15)14(17)16-10(3)11-6-5-7-12(8-11)18-4/h5-10,13H,1-4H3,(H,16,17). The number of hydrogen-bond acceptors (Lipinski definition) is 2. The molecule has 2 atom stereocenters. The molecule has 0 radical (unpaired) electrons. The highest BCUT2D eigenvalue weighted by atomic mass is 79.9. The third-order valence-electron chi connectivity index (χ3n) is 2.79. The van der Waals surface area contributed by atoms with Gasteiger partial charge in [-0.05, 0) is 30.5 Å². The molecule has 0 aliphatic heterocycles. The van der Waals surface area contributed by atoms with Crippen molar-refractivity contribution < 1.29 is 9.53 Å². The number of amides is 1. The minimum absolute atomic E-state index is 0.0142. The molecule has 1 N–H and O–H groups in total. The van der Waals surface area contributed by atoms with E-state index in [2.05, 4.69) is 21.2 Å². The van der Waals surface area contributed by atoms with Gasteiger partial charge in [-0.3, -0.25) is 4.79 Å². The first-order valence-corrected chi connectivity index (χ1v) is 6.95. The number of methoxy groups -OCH3 is 1.